The van der Waals surface area contributed by atoms with Gasteiger partial charge in [-0.25, -0.2) is 9.97 Å². The number of piperidine rings is 1. The van der Waals surface area contributed by atoms with Crippen LogP contribution in [0, 0.1) is 5.41 Å². The molecule has 2 N–H and O–H groups in total. The molecule has 1 aliphatic heterocycles. The quantitative estimate of drug-likeness (QED) is 0.818. The first-order valence-corrected chi connectivity index (χ1v) is 6.56. The summed E-state index contributed by atoms with van der Waals surface area (Å²) in [4.78, 5) is 8.43. The molecule has 0 radical (unpaired) electrons. The van der Waals surface area contributed by atoms with Crippen molar-refractivity contribution in [2.75, 3.05) is 25.0 Å². The van der Waals surface area contributed by atoms with E-state index in [-0.39, 0.29) is 0 Å². The van der Waals surface area contributed by atoms with E-state index in [4.69, 9.17) is 0 Å². The predicted molar refractivity (Wildman–Crippen MR) is 70.0 cm³/mol. The lowest BCUT2D eigenvalue weighted by Gasteiger charge is -2.37. The Morgan fingerprint density at radius 3 is 2.65 bits per heavy atom. The minimum atomic E-state index is 0.430. The van der Waals surface area contributed by atoms with Crippen LogP contribution in [0.4, 0.5) is 5.95 Å². The normalized spacial score (nSPS) is 18.9. The van der Waals surface area contributed by atoms with Crippen LogP contribution in [-0.4, -0.2) is 29.6 Å². The molecule has 0 saturated carbocycles. The monoisotopic (exact) mass is 234 g/mol. The van der Waals surface area contributed by atoms with E-state index in [1.54, 1.807) is 12.4 Å². The van der Waals surface area contributed by atoms with Crippen molar-refractivity contribution in [3.8, 4) is 0 Å². The summed E-state index contributed by atoms with van der Waals surface area (Å²) in [6, 6.07) is 1.84. The summed E-state index contributed by atoms with van der Waals surface area (Å²) in [5, 5.41) is 6.83. The second-order valence-electron chi connectivity index (χ2n) is 4.93. The van der Waals surface area contributed by atoms with Crippen LogP contribution >= 0.6 is 0 Å². The molecule has 0 amide bonds. The summed E-state index contributed by atoms with van der Waals surface area (Å²) in [7, 11) is 0. The summed E-state index contributed by atoms with van der Waals surface area (Å²) in [5.41, 5.74) is 0.430. The fraction of sp³-hybridized carbons (Fsp3) is 0.692. The van der Waals surface area contributed by atoms with E-state index in [0.717, 1.165) is 25.6 Å². The molecule has 0 aromatic carbocycles. The van der Waals surface area contributed by atoms with Gasteiger partial charge < -0.3 is 10.6 Å². The number of hydrogen-bond donors (Lipinski definition) is 2. The number of anilines is 1. The van der Waals surface area contributed by atoms with Crippen molar-refractivity contribution in [2.45, 2.75) is 32.6 Å². The highest BCUT2D eigenvalue weighted by molar-refractivity contribution is 5.22. The smallest absolute Gasteiger partial charge is 0.222 e. The zero-order valence-electron chi connectivity index (χ0n) is 10.6. The average molecular weight is 234 g/mol. The molecule has 1 aromatic rings. The van der Waals surface area contributed by atoms with E-state index in [1.807, 2.05) is 6.07 Å². The Labute approximate surface area is 103 Å². The van der Waals surface area contributed by atoms with Crippen molar-refractivity contribution < 1.29 is 0 Å². The minimum absolute atomic E-state index is 0.430. The Hall–Kier alpha value is -1.16. The Balaban J connectivity index is 1.93. The summed E-state index contributed by atoms with van der Waals surface area (Å²) in [6.45, 7) is 5.53. The molecule has 0 unspecified atom stereocenters. The highest BCUT2D eigenvalue weighted by atomic mass is 15.1. The van der Waals surface area contributed by atoms with Gasteiger partial charge in [-0.3, -0.25) is 0 Å². The Bertz CT molecular complexity index is 314. The molecule has 94 valence electrons. The van der Waals surface area contributed by atoms with E-state index >= 15 is 0 Å². The maximum absolute atomic E-state index is 4.22. The molecule has 1 saturated heterocycles. The third-order valence-electron chi connectivity index (χ3n) is 3.63. The highest BCUT2D eigenvalue weighted by Crippen LogP contribution is 2.33. The SMILES string of the molecule is CCCC1(CNc2ncccn2)CCNCC1. The summed E-state index contributed by atoms with van der Waals surface area (Å²) >= 11 is 0. The maximum Gasteiger partial charge on any atom is 0.222 e. The maximum atomic E-state index is 4.22. The molecule has 0 bridgehead atoms. The van der Waals surface area contributed by atoms with Gasteiger partial charge in [-0.15, -0.1) is 0 Å². The molecule has 0 aliphatic carbocycles. The third-order valence-corrected chi connectivity index (χ3v) is 3.63. The van der Waals surface area contributed by atoms with Crippen LogP contribution < -0.4 is 10.6 Å². The molecule has 4 nitrogen and oxygen atoms in total. The van der Waals surface area contributed by atoms with Crippen LogP contribution in [0.5, 0.6) is 0 Å². The minimum Gasteiger partial charge on any atom is -0.354 e. The first kappa shape index (κ1) is 12.3. The Morgan fingerprint density at radius 2 is 2.00 bits per heavy atom. The molecule has 1 aromatic heterocycles. The second-order valence-corrected chi connectivity index (χ2v) is 4.93. The number of nitrogens with zero attached hydrogens (tertiary/aromatic N) is 2. The fourth-order valence-corrected chi connectivity index (χ4v) is 2.66. The van der Waals surface area contributed by atoms with Gasteiger partial charge in [0.2, 0.25) is 5.95 Å². The van der Waals surface area contributed by atoms with Crippen LogP contribution in [0.1, 0.15) is 32.6 Å². The van der Waals surface area contributed by atoms with Crippen LogP contribution in [0.2, 0.25) is 0 Å². The van der Waals surface area contributed by atoms with Crippen molar-refractivity contribution in [3.63, 3.8) is 0 Å². The molecule has 0 atom stereocenters. The van der Waals surface area contributed by atoms with Gasteiger partial charge in [-0.1, -0.05) is 13.3 Å². The second kappa shape index (κ2) is 5.96. The molecule has 17 heavy (non-hydrogen) atoms. The van der Waals surface area contributed by atoms with Gasteiger partial charge in [0.1, 0.15) is 0 Å². The van der Waals surface area contributed by atoms with Crippen molar-refractivity contribution in [1.82, 2.24) is 15.3 Å². The average Bonchev–Trinajstić information content (AvgIpc) is 2.39. The van der Waals surface area contributed by atoms with E-state index in [0.29, 0.717) is 5.41 Å². The molecule has 0 spiro atoms. The van der Waals surface area contributed by atoms with Gasteiger partial charge in [0, 0.05) is 18.9 Å². The first-order valence-electron chi connectivity index (χ1n) is 6.56. The van der Waals surface area contributed by atoms with Crippen LogP contribution in [0.15, 0.2) is 18.5 Å². The zero-order valence-corrected chi connectivity index (χ0v) is 10.6. The molecule has 4 heteroatoms. The topological polar surface area (TPSA) is 49.8 Å². The number of nitrogens with one attached hydrogen (secondary N) is 2. The Kier molecular flexibility index (Phi) is 4.31. The summed E-state index contributed by atoms with van der Waals surface area (Å²) in [6.07, 6.45) is 8.60. The molecule has 1 aliphatic rings. The van der Waals surface area contributed by atoms with Gasteiger partial charge >= 0.3 is 0 Å². The number of rotatable bonds is 5. The lowest BCUT2D eigenvalue weighted by molar-refractivity contribution is 0.199. The lowest BCUT2D eigenvalue weighted by atomic mass is 9.75. The van der Waals surface area contributed by atoms with Gasteiger partial charge in [0.25, 0.3) is 0 Å². The highest BCUT2D eigenvalue weighted by Gasteiger charge is 2.30. The van der Waals surface area contributed by atoms with E-state index < -0.39 is 0 Å². The van der Waals surface area contributed by atoms with Crippen molar-refractivity contribution in [1.29, 1.82) is 0 Å². The summed E-state index contributed by atoms with van der Waals surface area (Å²) in [5.74, 6) is 0.751. The molecule has 1 fully saturated rings. The standard InChI is InChI=1S/C13H22N4/c1-2-4-13(5-9-14-10-6-13)11-17-12-15-7-3-8-16-12/h3,7-8,14H,2,4-6,9-11H2,1H3,(H,15,16,17). The predicted octanol–water partition coefficient (Wildman–Crippen LogP) is 2.06. The van der Waals surface area contributed by atoms with Gasteiger partial charge in [-0.2, -0.15) is 0 Å². The number of hydrogen-bond acceptors (Lipinski definition) is 4. The number of aromatic nitrogens is 2. The zero-order chi connectivity index (χ0) is 12.0. The van der Waals surface area contributed by atoms with Gasteiger partial charge in [-0.05, 0) is 43.8 Å². The van der Waals surface area contributed by atoms with Crippen molar-refractivity contribution in [3.05, 3.63) is 18.5 Å². The van der Waals surface area contributed by atoms with Crippen molar-refractivity contribution in [2.24, 2.45) is 5.41 Å². The lowest BCUT2D eigenvalue weighted by Crippen LogP contribution is -2.41. The van der Waals surface area contributed by atoms with Crippen LogP contribution in [-0.2, 0) is 0 Å². The van der Waals surface area contributed by atoms with Gasteiger partial charge in [0.15, 0.2) is 0 Å². The third kappa shape index (κ3) is 3.40. The van der Waals surface area contributed by atoms with E-state index in [9.17, 15) is 0 Å². The summed E-state index contributed by atoms with van der Waals surface area (Å²) < 4.78 is 0. The fourth-order valence-electron chi connectivity index (χ4n) is 2.66. The van der Waals surface area contributed by atoms with E-state index in [2.05, 4.69) is 27.5 Å². The van der Waals surface area contributed by atoms with Crippen molar-refractivity contribution >= 4 is 5.95 Å². The first-order chi connectivity index (χ1) is 8.35. The van der Waals surface area contributed by atoms with Gasteiger partial charge in [0.05, 0.1) is 0 Å². The van der Waals surface area contributed by atoms with Crippen LogP contribution in [0.25, 0.3) is 0 Å². The molecular formula is C13H22N4. The largest absolute Gasteiger partial charge is 0.354 e. The molecule has 2 heterocycles. The Morgan fingerprint density at radius 1 is 1.29 bits per heavy atom. The molecular weight excluding hydrogens is 212 g/mol. The van der Waals surface area contributed by atoms with E-state index in [1.165, 1.54) is 25.7 Å². The molecule has 2 rings (SSSR count). The van der Waals surface area contributed by atoms with Crippen LogP contribution in [0.3, 0.4) is 0 Å².